The van der Waals surface area contributed by atoms with E-state index in [0.717, 1.165) is 31.2 Å². The number of benzene rings is 2. The molecule has 2 aromatic carbocycles. The van der Waals surface area contributed by atoms with Crippen LogP contribution in [0.5, 0.6) is 11.5 Å². The number of hydrogen-bond donors (Lipinski definition) is 1. The summed E-state index contributed by atoms with van der Waals surface area (Å²) < 4.78 is 39.4. The van der Waals surface area contributed by atoms with E-state index in [2.05, 4.69) is 4.72 Å². The highest BCUT2D eigenvalue weighted by atomic mass is 32.2. The Morgan fingerprint density at radius 1 is 0.939 bits per heavy atom. The Bertz CT molecular complexity index is 1200. The molecular weight excluding hydrogens is 444 g/mol. The summed E-state index contributed by atoms with van der Waals surface area (Å²) in [6.07, 6.45) is 3.44. The fourth-order valence-electron chi connectivity index (χ4n) is 4.91. The van der Waals surface area contributed by atoms with Gasteiger partial charge in [0.25, 0.3) is 0 Å². The van der Waals surface area contributed by atoms with E-state index in [1.807, 2.05) is 0 Å². The molecule has 1 saturated heterocycles. The molecule has 2 fully saturated rings. The molecule has 2 aromatic rings. The second kappa shape index (κ2) is 8.46. The van der Waals surface area contributed by atoms with Crippen molar-refractivity contribution >= 4 is 21.8 Å². The molecule has 0 spiro atoms. The number of rotatable bonds is 6. The zero-order valence-corrected chi connectivity index (χ0v) is 19.2. The van der Waals surface area contributed by atoms with E-state index in [4.69, 9.17) is 9.47 Å². The number of carbonyl (C=O) groups is 2. The first-order valence-electron chi connectivity index (χ1n) is 11.2. The average molecular weight is 471 g/mol. The minimum absolute atomic E-state index is 0.0924. The number of nitrogens with zero attached hydrogens (tertiary/aromatic N) is 1. The average Bonchev–Trinajstić information content (AvgIpc) is 3.37. The number of sulfonamides is 1. The molecule has 174 valence electrons. The van der Waals surface area contributed by atoms with Crippen molar-refractivity contribution in [3.05, 3.63) is 53.1 Å². The Kier molecular flexibility index (Phi) is 5.62. The molecule has 0 unspecified atom stereocenters. The Labute approximate surface area is 192 Å². The van der Waals surface area contributed by atoms with Gasteiger partial charge in [-0.05, 0) is 54.7 Å². The number of likely N-dealkylation sites (tertiary alicyclic amines) is 1. The summed E-state index contributed by atoms with van der Waals surface area (Å²) in [5.74, 6) is 0.527. The maximum absolute atomic E-state index is 13.1. The number of ether oxygens (including phenoxy) is 2. The van der Waals surface area contributed by atoms with E-state index in [0.29, 0.717) is 22.6 Å². The van der Waals surface area contributed by atoms with Crippen LogP contribution in [0, 0.1) is 18.8 Å². The van der Waals surface area contributed by atoms with Crippen LogP contribution in [0.25, 0.3) is 0 Å². The van der Waals surface area contributed by atoms with Gasteiger partial charge in [0.15, 0.2) is 11.5 Å². The number of hydrogen-bond acceptors (Lipinski definition) is 6. The number of imide groups is 1. The third kappa shape index (κ3) is 4.11. The maximum atomic E-state index is 13.1. The summed E-state index contributed by atoms with van der Waals surface area (Å²) >= 11 is 0. The molecule has 0 bridgehead atoms. The molecule has 3 aliphatic rings. The molecule has 8 nitrogen and oxygen atoms in total. The molecule has 5 rings (SSSR count). The van der Waals surface area contributed by atoms with Crippen molar-refractivity contribution in [2.24, 2.45) is 11.8 Å². The Hall–Kier alpha value is -2.91. The van der Waals surface area contributed by atoms with Crippen molar-refractivity contribution in [3.8, 4) is 11.5 Å². The first kappa shape index (κ1) is 21.9. The lowest BCUT2D eigenvalue weighted by Gasteiger charge is -2.19. The number of aryl methyl sites for hydroxylation is 1. The quantitative estimate of drug-likeness (QED) is 0.652. The minimum atomic E-state index is -3.82. The lowest BCUT2D eigenvalue weighted by molar-refractivity contribution is -0.140. The highest BCUT2D eigenvalue weighted by Crippen LogP contribution is 2.38. The molecule has 1 aliphatic carbocycles. The summed E-state index contributed by atoms with van der Waals surface area (Å²) in [6.45, 7) is 2.06. The zero-order valence-electron chi connectivity index (χ0n) is 18.4. The van der Waals surface area contributed by atoms with Crippen molar-refractivity contribution in [3.63, 3.8) is 0 Å². The topological polar surface area (TPSA) is 102 Å². The fraction of sp³-hybridized carbons (Fsp3) is 0.417. The highest BCUT2D eigenvalue weighted by Gasteiger charge is 2.47. The summed E-state index contributed by atoms with van der Waals surface area (Å²) in [6, 6.07) is 10.3. The SMILES string of the molecule is Cc1ccc(CN2C(=O)[C@@H]3CCCC[C@H]3C2=O)cc1S(=O)(=O)NCc1ccc2c(c1)OCO2. The normalized spacial score (nSPS) is 22.0. The van der Waals surface area contributed by atoms with Gasteiger partial charge in [0, 0.05) is 6.54 Å². The zero-order chi connectivity index (χ0) is 23.2. The summed E-state index contributed by atoms with van der Waals surface area (Å²) in [5, 5.41) is 0. The van der Waals surface area contributed by atoms with E-state index < -0.39 is 10.0 Å². The van der Waals surface area contributed by atoms with Crippen LogP contribution in [-0.2, 0) is 32.7 Å². The fourth-order valence-corrected chi connectivity index (χ4v) is 6.22. The molecule has 33 heavy (non-hydrogen) atoms. The van der Waals surface area contributed by atoms with Gasteiger partial charge in [-0.2, -0.15) is 0 Å². The van der Waals surface area contributed by atoms with E-state index in [9.17, 15) is 18.0 Å². The van der Waals surface area contributed by atoms with Gasteiger partial charge in [-0.25, -0.2) is 13.1 Å². The Balaban J connectivity index is 1.32. The third-order valence-electron chi connectivity index (χ3n) is 6.72. The van der Waals surface area contributed by atoms with Crippen LogP contribution in [0.15, 0.2) is 41.3 Å². The van der Waals surface area contributed by atoms with Crippen LogP contribution in [0.1, 0.15) is 42.4 Å². The highest BCUT2D eigenvalue weighted by molar-refractivity contribution is 7.89. The van der Waals surface area contributed by atoms with Crippen LogP contribution in [0.2, 0.25) is 0 Å². The lowest BCUT2D eigenvalue weighted by atomic mass is 9.81. The molecule has 0 aromatic heterocycles. The first-order chi connectivity index (χ1) is 15.8. The van der Waals surface area contributed by atoms with Crippen molar-refractivity contribution in [2.75, 3.05) is 6.79 Å². The molecule has 0 radical (unpaired) electrons. The van der Waals surface area contributed by atoms with E-state index >= 15 is 0 Å². The van der Waals surface area contributed by atoms with Crippen LogP contribution >= 0.6 is 0 Å². The van der Waals surface area contributed by atoms with Crippen molar-refractivity contribution < 1.29 is 27.5 Å². The van der Waals surface area contributed by atoms with Crippen molar-refractivity contribution in [2.45, 2.75) is 50.6 Å². The van der Waals surface area contributed by atoms with Gasteiger partial charge >= 0.3 is 0 Å². The molecule has 2 atom stereocenters. The van der Waals surface area contributed by atoms with Gasteiger partial charge < -0.3 is 9.47 Å². The molecule has 2 aliphatic heterocycles. The molecular formula is C24H26N2O6S. The van der Waals surface area contributed by atoms with Gasteiger partial charge in [-0.15, -0.1) is 0 Å². The van der Waals surface area contributed by atoms with E-state index in [-0.39, 0.29) is 48.4 Å². The molecule has 2 amide bonds. The van der Waals surface area contributed by atoms with Crippen LogP contribution in [0.3, 0.4) is 0 Å². The second-order valence-electron chi connectivity index (χ2n) is 8.87. The molecule has 9 heteroatoms. The van der Waals surface area contributed by atoms with Gasteiger partial charge in [0.1, 0.15) is 0 Å². The molecule has 1 saturated carbocycles. The lowest BCUT2D eigenvalue weighted by Crippen LogP contribution is -2.30. The van der Waals surface area contributed by atoms with Gasteiger partial charge in [0.05, 0.1) is 23.3 Å². The predicted molar refractivity (Wildman–Crippen MR) is 119 cm³/mol. The van der Waals surface area contributed by atoms with Crippen LogP contribution < -0.4 is 14.2 Å². The smallest absolute Gasteiger partial charge is 0.241 e. The number of carbonyl (C=O) groups excluding carboxylic acids is 2. The minimum Gasteiger partial charge on any atom is -0.454 e. The summed E-state index contributed by atoms with van der Waals surface area (Å²) in [5.41, 5.74) is 1.95. The standard InChI is InChI=1S/C24H26N2O6S/c1-15-6-7-17(13-26-23(27)18-4-2-3-5-19(18)24(26)28)11-22(15)33(29,30)25-12-16-8-9-20-21(10-16)32-14-31-20/h6-11,18-19,25H,2-5,12-14H2,1H3/t18-,19-/m1/s1. The Morgan fingerprint density at radius 3 is 2.33 bits per heavy atom. The number of nitrogens with one attached hydrogen (secondary N) is 1. The maximum Gasteiger partial charge on any atom is 0.241 e. The second-order valence-corrected chi connectivity index (χ2v) is 10.6. The largest absolute Gasteiger partial charge is 0.454 e. The van der Waals surface area contributed by atoms with Gasteiger partial charge in [-0.1, -0.05) is 31.0 Å². The van der Waals surface area contributed by atoms with Crippen molar-refractivity contribution in [1.82, 2.24) is 9.62 Å². The van der Waals surface area contributed by atoms with Gasteiger partial charge in [-0.3, -0.25) is 14.5 Å². The molecule has 2 heterocycles. The summed E-state index contributed by atoms with van der Waals surface area (Å²) in [4.78, 5) is 27.0. The molecule has 1 N–H and O–H groups in total. The Morgan fingerprint density at radius 2 is 1.61 bits per heavy atom. The number of fused-ring (bicyclic) bond motifs is 2. The monoisotopic (exact) mass is 470 g/mol. The predicted octanol–water partition coefficient (Wildman–Crippen LogP) is 2.88. The van der Waals surface area contributed by atoms with Crippen LogP contribution in [-0.4, -0.2) is 31.9 Å². The van der Waals surface area contributed by atoms with E-state index in [1.165, 1.54) is 4.90 Å². The first-order valence-corrected chi connectivity index (χ1v) is 12.6. The van der Waals surface area contributed by atoms with Crippen LogP contribution in [0.4, 0.5) is 0 Å². The summed E-state index contributed by atoms with van der Waals surface area (Å²) in [7, 11) is -3.82. The van der Waals surface area contributed by atoms with Gasteiger partial charge in [0.2, 0.25) is 28.6 Å². The third-order valence-corrected chi connectivity index (χ3v) is 8.26. The van der Waals surface area contributed by atoms with Crippen molar-refractivity contribution in [1.29, 1.82) is 0 Å². The number of amides is 2. The van der Waals surface area contributed by atoms with E-state index in [1.54, 1.807) is 43.3 Å².